The molecule has 4 N–H and O–H groups in total. The second-order valence-corrected chi connectivity index (χ2v) is 4.61. The summed E-state index contributed by atoms with van der Waals surface area (Å²) >= 11 is 1.45. The number of nitrogens with two attached hydrogens (primary N) is 2. The van der Waals surface area contributed by atoms with Gasteiger partial charge in [0.2, 0.25) is 0 Å². The molecule has 0 aliphatic rings. The first kappa shape index (κ1) is 11.0. The van der Waals surface area contributed by atoms with Gasteiger partial charge in [-0.15, -0.1) is 0 Å². The quantitative estimate of drug-likeness (QED) is 0.802. The number of nitrogens with zero attached hydrogens (tertiary/aromatic N) is 2. The molecule has 0 radical (unpaired) electrons. The number of anilines is 3. The second-order valence-electron chi connectivity index (χ2n) is 3.58. The average Bonchev–Trinajstić information content (AvgIpc) is 2.65. The molecule has 0 spiro atoms. The van der Waals surface area contributed by atoms with Crippen LogP contribution in [-0.2, 0) is 0 Å². The summed E-state index contributed by atoms with van der Waals surface area (Å²) in [7, 11) is 0. The van der Waals surface area contributed by atoms with Gasteiger partial charge in [0.15, 0.2) is 5.13 Å². The van der Waals surface area contributed by atoms with Crippen molar-refractivity contribution in [2.75, 3.05) is 29.5 Å². The number of rotatable bonds is 3. The Morgan fingerprint density at radius 1 is 1.25 bits per heavy atom. The van der Waals surface area contributed by atoms with E-state index in [0.717, 1.165) is 34.7 Å². The Bertz CT molecular complexity index is 502. The van der Waals surface area contributed by atoms with E-state index in [-0.39, 0.29) is 0 Å². The highest BCUT2D eigenvalue weighted by Crippen LogP contribution is 2.35. The van der Waals surface area contributed by atoms with Crippen molar-refractivity contribution in [2.24, 2.45) is 0 Å². The Morgan fingerprint density at radius 2 is 1.94 bits per heavy atom. The minimum absolute atomic E-state index is 0.571. The summed E-state index contributed by atoms with van der Waals surface area (Å²) < 4.78 is 0.988. The fraction of sp³-hybridized carbons (Fsp3) is 0.364. The first-order valence-corrected chi connectivity index (χ1v) is 6.18. The molecule has 1 aromatic carbocycles. The van der Waals surface area contributed by atoms with Gasteiger partial charge in [0.1, 0.15) is 5.52 Å². The van der Waals surface area contributed by atoms with Crippen LogP contribution in [0.3, 0.4) is 0 Å². The fourth-order valence-corrected chi connectivity index (χ4v) is 2.63. The van der Waals surface area contributed by atoms with Crippen molar-refractivity contribution in [3.63, 3.8) is 0 Å². The molecule has 1 aromatic heterocycles. The van der Waals surface area contributed by atoms with Gasteiger partial charge in [0.25, 0.3) is 0 Å². The SMILES string of the molecule is CCN(CC)c1ccc(N)c2sc(N)nc12. The normalized spacial score (nSPS) is 10.9. The van der Waals surface area contributed by atoms with Gasteiger partial charge in [-0.1, -0.05) is 11.3 Å². The molecule has 5 heteroatoms. The van der Waals surface area contributed by atoms with E-state index in [9.17, 15) is 0 Å². The zero-order valence-electron chi connectivity index (χ0n) is 9.53. The van der Waals surface area contributed by atoms with Crippen LogP contribution in [0.15, 0.2) is 12.1 Å². The lowest BCUT2D eigenvalue weighted by atomic mass is 10.2. The molecule has 2 rings (SSSR count). The number of nitrogen functional groups attached to an aromatic ring is 2. The molecule has 0 atom stereocenters. The first-order chi connectivity index (χ1) is 7.67. The van der Waals surface area contributed by atoms with Crippen molar-refractivity contribution >= 4 is 38.1 Å². The van der Waals surface area contributed by atoms with Crippen molar-refractivity contribution < 1.29 is 0 Å². The van der Waals surface area contributed by atoms with Crippen molar-refractivity contribution in [1.82, 2.24) is 4.98 Å². The third-order valence-electron chi connectivity index (χ3n) is 2.67. The van der Waals surface area contributed by atoms with E-state index in [0.29, 0.717) is 5.13 Å². The Hall–Kier alpha value is -1.49. The van der Waals surface area contributed by atoms with Gasteiger partial charge in [-0.2, -0.15) is 0 Å². The molecule has 0 aliphatic carbocycles. The molecule has 0 unspecified atom stereocenters. The van der Waals surface area contributed by atoms with Gasteiger partial charge >= 0.3 is 0 Å². The molecule has 16 heavy (non-hydrogen) atoms. The molecule has 0 saturated heterocycles. The summed E-state index contributed by atoms with van der Waals surface area (Å²) in [6.07, 6.45) is 0. The van der Waals surface area contributed by atoms with Crippen molar-refractivity contribution in [3.05, 3.63) is 12.1 Å². The van der Waals surface area contributed by atoms with Gasteiger partial charge in [-0.05, 0) is 26.0 Å². The molecular weight excluding hydrogens is 220 g/mol. The monoisotopic (exact) mass is 236 g/mol. The van der Waals surface area contributed by atoms with E-state index in [2.05, 4.69) is 23.7 Å². The van der Waals surface area contributed by atoms with Crippen molar-refractivity contribution in [1.29, 1.82) is 0 Å². The molecule has 0 bridgehead atoms. The summed E-state index contributed by atoms with van der Waals surface area (Å²) in [5.74, 6) is 0. The molecule has 0 aliphatic heterocycles. The van der Waals surface area contributed by atoms with E-state index >= 15 is 0 Å². The summed E-state index contributed by atoms with van der Waals surface area (Å²) in [5, 5.41) is 0.571. The molecular formula is C11H16N4S. The summed E-state index contributed by atoms with van der Waals surface area (Å²) in [6, 6.07) is 3.94. The van der Waals surface area contributed by atoms with Crippen LogP contribution in [0.5, 0.6) is 0 Å². The zero-order chi connectivity index (χ0) is 11.7. The van der Waals surface area contributed by atoms with Crippen LogP contribution in [-0.4, -0.2) is 18.1 Å². The predicted molar refractivity (Wildman–Crippen MR) is 72.0 cm³/mol. The lowest BCUT2D eigenvalue weighted by Gasteiger charge is -2.21. The van der Waals surface area contributed by atoms with Crippen LogP contribution in [0.4, 0.5) is 16.5 Å². The van der Waals surface area contributed by atoms with Gasteiger partial charge in [0, 0.05) is 13.1 Å². The largest absolute Gasteiger partial charge is 0.398 e. The van der Waals surface area contributed by atoms with E-state index in [1.165, 1.54) is 11.3 Å². The van der Waals surface area contributed by atoms with Crippen LogP contribution in [0.1, 0.15) is 13.8 Å². The van der Waals surface area contributed by atoms with Crippen LogP contribution < -0.4 is 16.4 Å². The molecule has 2 aromatic rings. The third kappa shape index (κ3) is 1.67. The fourth-order valence-electron chi connectivity index (χ4n) is 1.85. The highest BCUT2D eigenvalue weighted by atomic mass is 32.1. The topological polar surface area (TPSA) is 68.2 Å². The van der Waals surface area contributed by atoms with Crippen LogP contribution in [0.25, 0.3) is 10.2 Å². The standard InChI is InChI=1S/C11H16N4S/c1-3-15(4-2)8-6-5-7(12)10-9(8)14-11(13)16-10/h5-6H,3-4,12H2,1-2H3,(H2,13,14). The lowest BCUT2D eigenvalue weighted by molar-refractivity contribution is 0.869. The molecule has 0 saturated carbocycles. The summed E-state index contributed by atoms with van der Waals surface area (Å²) in [4.78, 5) is 6.62. The average molecular weight is 236 g/mol. The Kier molecular flexibility index (Phi) is 2.87. The maximum absolute atomic E-state index is 5.92. The molecule has 1 heterocycles. The van der Waals surface area contributed by atoms with Crippen molar-refractivity contribution in [3.8, 4) is 0 Å². The Labute approximate surface area is 98.9 Å². The van der Waals surface area contributed by atoms with Crippen LogP contribution >= 0.6 is 11.3 Å². The number of benzene rings is 1. The number of hydrogen-bond acceptors (Lipinski definition) is 5. The van der Waals surface area contributed by atoms with Gasteiger partial charge in [-0.25, -0.2) is 4.98 Å². The number of thiazole rings is 1. The number of fused-ring (bicyclic) bond motifs is 1. The third-order valence-corrected chi connectivity index (χ3v) is 3.61. The van der Waals surface area contributed by atoms with Gasteiger partial charge < -0.3 is 16.4 Å². The molecule has 4 nitrogen and oxygen atoms in total. The van der Waals surface area contributed by atoms with E-state index in [4.69, 9.17) is 11.5 Å². The molecule has 0 fully saturated rings. The van der Waals surface area contributed by atoms with Crippen LogP contribution in [0, 0.1) is 0 Å². The van der Waals surface area contributed by atoms with Crippen molar-refractivity contribution in [2.45, 2.75) is 13.8 Å². The Balaban J connectivity index is 2.66. The minimum Gasteiger partial charge on any atom is -0.398 e. The number of aromatic nitrogens is 1. The zero-order valence-corrected chi connectivity index (χ0v) is 10.3. The minimum atomic E-state index is 0.571. The summed E-state index contributed by atoms with van der Waals surface area (Å²) in [5.41, 5.74) is 14.4. The first-order valence-electron chi connectivity index (χ1n) is 5.36. The van der Waals surface area contributed by atoms with Gasteiger partial charge in [0.05, 0.1) is 16.1 Å². The second kappa shape index (κ2) is 4.17. The lowest BCUT2D eigenvalue weighted by Crippen LogP contribution is -2.22. The van der Waals surface area contributed by atoms with Gasteiger partial charge in [-0.3, -0.25) is 0 Å². The predicted octanol–water partition coefficient (Wildman–Crippen LogP) is 2.31. The summed E-state index contributed by atoms with van der Waals surface area (Å²) in [6.45, 7) is 6.16. The Morgan fingerprint density at radius 3 is 2.56 bits per heavy atom. The molecule has 86 valence electrons. The maximum Gasteiger partial charge on any atom is 0.181 e. The highest BCUT2D eigenvalue weighted by Gasteiger charge is 2.12. The van der Waals surface area contributed by atoms with E-state index < -0.39 is 0 Å². The highest BCUT2D eigenvalue weighted by molar-refractivity contribution is 7.22. The smallest absolute Gasteiger partial charge is 0.181 e. The maximum atomic E-state index is 5.92. The molecule has 0 amide bonds. The number of hydrogen-bond donors (Lipinski definition) is 2. The van der Waals surface area contributed by atoms with Crippen LogP contribution in [0.2, 0.25) is 0 Å². The van der Waals surface area contributed by atoms with E-state index in [1.54, 1.807) is 0 Å². The van der Waals surface area contributed by atoms with E-state index in [1.807, 2.05) is 12.1 Å².